The van der Waals surface area contributed by atoms with Crippen LogP contribution in [0, 0.1) is 5.41 Å². The summed E-state index contributed by atoms with van der Waals surface area (Å²) in [4.78, 5) is 0. The van der Waals surface area contributed by atoms with Crippen molar-refractivity contribution in [2.24, 2.45) is 5.41 Å². The smallest absolute Gasteiger partial charge is 0.0512 e. The number of aliphatic hydroxyl groups is 2. The standard InChI is InChI=1S/C11H18O2S/c1-2-4-11(8-12,9-13)6-10-3-5-14-7-10/h3,5,7,12-13H,2,4,6,8-9H2,1H3. The predicted octanol–water partition coefficient (Wildman–Crippen LogP) is 2.06. The number of aliphatic hydroxyl groups excluding tert-OH is 2. The Labute approximate surface area is 89.2 Å². The molecule has 0 amide bonds. The molecule has 0 bridgehead atoms. The first-order valence-corrected chi connectivity index (χ1v) is 5.93. The average Bonchev–Trinajstić information content (AvgIpc) is 2.69. The minimum absolute atomic E-state index is 0.0627. The van der Waals surface area contributed by atoms with Crippen molar-refractivity contribution in [2.75, 3.05) is 13.2 Å². The van der Waals surface area contributed by atoms with E-state index in [9.17, 15) is 10.2 Å². The third-order valence-corrected chi connectivity index (χ3v) is 3.34. The summed E-state index contributed by atoms with van der Waals surface area (Å²) < 4.78 is 0. The highest BCUT2D eigenvalue weighted by Crippen LogP contribution is 2.28. The van der Waals surface area contributed by atoms with Gasteiger partial charge in [0, 0.05) is 5.41 Å². The summed E-state index contributed by atoms with van der Waals surface area (Å²) >= 11 is 1.66. The molecule has 1 aromatic rings. The summed E-state index contributed by atoms with van der Waals surface area (Å²) in [7, 11) is 0. The van der Waals surface area contributed by atoms with E-state index < -0.39 is 0 Å². The molecule has 1 aromatic heterocycles. The first-order chi connectivity index (χ1) is 6.76. The summed E-state index contributed by atoms with van der Waals surface area (Å²) in [6.45, 7) is 2.20. The molecule has 0 unspecified atom stereocenters. The lowest BCUT2D eigenvalue weighted by Crippen LogP contribution is -2.32. The van der Waals surface area contributed by atoms with Crippen LogP contribution in [0.25, 0.3) is 0 Å². The molecule has 0 saturated carbocycles. The van der Waals surface area contributed by atoms with E-state index in [-0.39, 0.29) is 18.6 Å². The third-order valence-electron chi connectivity index (χ3n) is 2.61. The molecule has 0 saturated heterocycles. The lowest BCUT2D eigenvalue weighted by molar-refractivity contribution is 0.0467. The van der Waals surface area contributed by atoms with Crippen LogP contribution in [0.4, 0.5) is 0 Å². The molecule has 1 rings (SSSR count). The summed E-state index contributed by atoms with van der Waals surface area (Å²) in [5, 5.41) is 22.8. The SMILES string of the molecule is CCCC(CO)(CO)Cc1ccsc1. The molecule has 2 N–H and O–H groups in total. The Morgan fingerprint density at radius 2 is 2.07 bits per heavy atom. The lowest BCUT2D eigenvalue weighted by Gasteiger charge is -2.29. The van der Waals surface area contributed by atoms with Crippen LogP contribution in [-0.4, -0.2) is 23.4 Å². The van der Waals surface area contributed by atoms with Crippen molar-refractivity contribution in [3.05, 3.63) is 22.4 Å². The van der Waals surface area contributed by atoms with Crippen molar-refractivity contribution >= 4 is 11.3 Å². The van der Waals surface area contributed by atoms with Crippen molar-refractivity contribution in [2.45, 2.75) is 26.2 Å². The van der Waals surface area contributed by atoms with Crippen LogP contribution in [0.1, 0.15) is 25.3 Å². The topological polar surface area (TPSA) is 40.5 Å². The Bertz CT molecular complexity index is 240. The predicted molar refractivity (Wildman–Crippen MR) is 59.5 cm³/mol. The van der Waals surface area contributed by atoms with Crippen molar-refractivity contribution in [3.8, 4) is 0 Å². The number of thiophene rings is 1. The number of hydrogen-bond acceptors (Lipinski definition) is 3. The maximum Gasteiger partial charge on any atom is 0.0512 e. The minimum atomic E-state index is -0.324. The first-order valence-electron chi connectivity index (χ1n) is 4.99. The van der Waals surface area contributed by atoms with Gasteiger partial charge in [-0.3, -0.25) is 0 Å². The van der Waals surface area contributed by atoms with Gasteiger partial charge in [0.05, 0.1) is 13.2 Å². The van der Waals surface area contributed by atoms with E-state index in [1.807, 2.05) is 5.38 Å². The van der Waals surface area contributed by atoms with E-state index in [2.05, 4.69) is 18.4 Å². The zero-order valence-electron chi connectivity index (χ0n) is 8.57. The molecule has 80 valence electrons. The van der Waals surface area contributed by atoms with E-state index in [0.717, 1.165) is 19.3 Å². The molecule has 0 fully saturated rings. The molecular weight excluding hydrogens is 196 g/mol. The normalized spacial score (nSPS) is 11.9. The summed E-state index contributed by atoms with van der Waals surface area (Å²) in [5.41, 5.74) is 0.891. The summed E-state index contributed by atoms with van der Waals surface area (Å²) in [5.74, 6) is 0. The average molecular weight is 214 g/mol. The van der Waals surface area contributed by atoms with Gasteiger partial charge in [0.25, 0.3) is 0 Å². The van der Waals surface area contributed by atoms with Gasteiger partial charge in [0.15, 0.2) is 0 Å². The van der Waals surface area contributed by atoms with Gasteiger partial charge < -0.3 is 10.2 Å². The molecule has 0 aliphatic heterocycles. The molecule has 14 heavy (non-hydrogen) atoms. The van der Waals surface area contributed by atoms with Crippen LogP contribution in [0.5, 0.6) is 0 Å². The highest BCUT2D eigenvalue weighted by Gasteiger charge is 2.28. The zero-order chi connectivity index (χ0) is 10.4. The molecule has 0 radical (unpaired) electrons. The van der Waals surface area contributed by atoms with Gasteiger partial charge in [-0.2, -0.15) is 11.3 Å². The Balaban J connectivity index is 2.67. The molecule has 3 heteroatoms. The molecule has 2 nitrogen and oxygen atoms in total. The largest absolute Gasteiger partial charge is 0.396 e. The van der Waals surface area contributed by atoms with E-state index in [1.54, 1.807) is 11.3 Å². The van der Waals surface area contributed by atoms with Gasteiger partial charge >= 0.3 is 0 Å². The van der Waals surface area contributed by atoms with E-state index in [4.69, 9.17) is 0 Å². The lowest BCUT2D eigenvalue weighted by atomic mass is 9.80. The Hall–Kier alpha value is -0.380. The van der Waals surface area contributed by atoms with Gasteiger partial charge in [-0.1, -0.05) is 13.3 Å². The van der Waals surface area contributed by atoms with Gasteiger partial charge in [-0.05, 0) is 35.2 Å². The molecule has 0 atom stereocenters. The highest BCUT2D eigenvalue weighted by molar-refractivity contribution is 7.07. The fraction of sp³-hybridized carbons (Fsp3) is 0.636. The van der Waals surface area contributed by atoms with Crippen LogP contribution in [-0.2, 0) is 6.42 Å². The second-order valence-electron chi connectivity index (χ2n) is 3.87. The monoisotopic (exact) mass is 214 g/mol. The molecule has 0 aliphatic carbocycles. The van der Waals surface area contributed by atoms with Gasteiger partial charge in [-0.15, -0.1) is 0 Å². The van der Waals surface area contributed by atoms with Crippen molar-refractivity contribution < 1.29 is 10.2 Å². The maximum absolute atomic E-state index is 9.35. The Morgan fingerprint density at radius 1 is 1.36 bits per heavy atom. The van der Waals surface area contributed by atoms with Gasteiger partial charge in [0.1, 0.15) is 0 Å². The number of hydrogen-bond donors (Lipinski definition) is 2. The molecule has 0 aromatic carbocycles. The molecular formula is C11H18O2S. The van der Waals surface area contributed by atoms with Crippen LogP contribution in [0.3, 0.4) is 0 Å². The van der Waals surface area contributed by atoms with E-state index in [0.29, 0.717) is 0 Å². The second-order valence-corrected chi connectivity index (χ2v) is 4.65. The summed E-state index contributed by atoms with van der Waals surface area (Å²) in [6.07, 6.45) is 2.64. The van der Waals surface area contributed by atoms with Crippen LogP contribution < -0.4 is 0 Å². The van der Waals surface area contributed by atoms with E-state index >= 15 is 0 Å². The maximum atomic E-state index is 9.35. The fourth-order valence-electron chi connectivity index (χ4n) is 1.76. The highest BCUT2D eigenvalue weighted by atomic mass is 32.1. The third kappa shape index (κ3) is 2.80. The summed E-state index contributed by atoms with van der Waals surface area (Å²) in [6, 6.07) is 2.06. The van der Waals surface area contributed by atoms with Crippen LogP contribution in [0.15, 0.2) is 16.8 Å². The molecule has 1 heterocycles. The Kier molecular flexibility index (Phi) is 4.58. The number of rotatable bonds is 6. The fourth-order valence-corrected chi connectivity index (χ4v) is 2.43. The van der Waals surface area contributed by atoms with Crippen molar-refractivity contribution in [1.29, 1.82) is 0 Å². The van der Waals surface area contributed by atoms with Gasteiger partial charge in [-0.25, -0.2) is 0 Å². The van der Waals surface area contributed by atoms with Gasteiger partial charge in [0.2, 0.25) is 0 Å². The Morgan fingerprint density at radius 3 is 2.50 bits per heavy atom. The molecule has 0 aliphatic rings. The second kappa shape index (κ2) is 5.49. The van der Waals surface area contributed by atoms with Crippen molar-refractivity contribution in [3.63, 3.8) is 0 Å². The van der Waals surface area contributed by atoms with Crippen LogP contribution >= 0.6 is 11.3 Å². The molecule has 0 spiro atoms. The zero-order valence-corrected chi connectivity index (χ0v) is 9.39. The van der Waals surface area contributed by atoms with Crippen molar-refractivity contribution in [1.82, 2.24) is 0 Å². The first kappa shape index (κ1) is 11.7. The quantitative estimate of drug-likeness (QED) is 0.761. The minimum Gasteiger partial charge on any atom is -0.396 e. The van der Waals surface area contributed by atoms with E-state index in [1.165, 1.54) is 5.56 Å². The van der Waals surface area contributed by atoms with Crippen LogP contribution in [0.2, 0.25) is 0 Å².